The van der Waals surface area contributed by atoms with Crippen molar-refractivity contribution in [3.05, 3.63) is 5.69 Å². The molecule has 1 aromatic heterocycles. The molecule has 1 saturated carbocycles. The van der Waals surface area contributed by atoms with E-state index in [4.69, 9.17) is 5.73 Å². The molecule has 0 bridgehead atoms. The normalized spacial score (nSPS) is 17.4. The van der Waals surface area contributed by atoms with Crippen LogP contribution >= 0.6 is 0 Å². The minimum absolute atomic E-state index is 0.0894. The third kappa shape index (κ3) is 2.66. The Hall–Kier alpha value is -1.52. The van der Waals surface area contributed by atoms with Crippen LogP contribution in [0.3, 0.4) is 0 Å². The highest BCUT2D eigenvalue weighted by Gasteiger charge is 2.22. The van der Waals surface area contributed by atoms with Crippen molar-refractivity contribution in [3.63, 3.8) is 0 Å². The second-order valence-corrected chi connectivity index (χ2v) is 5.15. The Kier molecular flexibility index (Phi) is 3.89. The summed E-state index contributed by atoms with van der Waals surface area (Å²) in [6.07, 6.45) is 6.77. The first-order valence-electron chi connectivity index (χ1n) is 6.69. The number of aromatic nitrogens is 2. The summed E-state index contributed by atoms with van der Waals surface area (Å²) in [4.78, 5) is 12.2. The molecule has 3 N–H and O–H groups in total. The van der Waals surface area contributed by atoms with Crippen LogP contribution in [0.1, 0.15) is 44.2 Å². The van der Waals surface area contributed by atoms with Gasteiger partial charge in [-0.15, -0.1) is 0 Å². The van der Waals surface area contributed by atoms with E-state index >= 15 is 0 Å². The molecule has 0 unspecified atom stereocenters. The third-order valence-electron chi connectivity index (χ3n) is 3.74. The lowest BCUT2D eigenvalue weighted by Gasteiger charge is -2.14. The van der Waals surface area contributed by atoms with E-state index in [1.165, 1.54) is 12.8 Å². The van der Waals surface area contributed by atoms with Crippen molar-refractivity contribution in [1.82, 2.24) is 9.78 Å². The summed E-state index contributed by atoms with van der Waals surface area (Å²) in [5.41, 5.74) is 7.24. The van der Waals surface area contributed by atoms with E-state index in [1.54, 1.807) is 11.7 Å². The van der Waals surface area contributed by atoms with Crippen LogP contribution in [0.4, 0.5) is 11.5 Å². The summed E-state index contributed by atoms with van der Waals surface area (Å²) in [6, 6.07) is 0. The molecule has 0 atom stereocenters. The number of amides is 1. The summed E-state index contributed by atoms with van der Waals surface area (Å²) >= 11 is 0. The van der Waals surface area contributed by atoms with Gasteiger partial charge in [-0.2, -0.15) is 5.10 Å². The third-order valence-corrected chi connectivity index (χ3v) is 3.74. The van der Waals surface area contributed by atoms with Crippen molar-refractivity contribution in [2.75, 3.05) is 11.1 Å². The first-order chi connectivity index (χ1) is 8.59. The molecular formula is C13H22N4O. The number of rotatable bonds is 2. The molecule has 0 aliphatic heterocycles. The highest BCUT2D eigenvalue weighted by atomic mass is 16.2. The molecule has 0 radical (unpaired) electrons. The quantitative estimate of drug-likeness (QED) is 0.790. The number of nitrogens with one attached hydrogen (secondary N) is 1. The molecule has 18 heavy (non-hydrogen) atoms. The smallest absolute Gasteiger partial charge is 0.228 e. The van der Waals surface area contributed by atoms with Crippen LogP contribution < -0.4 is 11.1 Å². The van der Waals surface area contributed by atoms with Gasteiger partial charge in [-0.3, -0.25) is 9.48 Å². The van der Waals surface area contributed by atoms with Gasteiger partial charge in [0.25, 0.3) is 0 Å². The number of hydrogen-bond acceptors (Lipinski definition) is 3. The number of anilines is 2. The molecule has 1 aromatic rings. The van der Waals surface area contributed by atoms with Crippen LogP contribution in [0.5, 0.6) is 0 Å². The number of carbonyl (C=O) groups is 1. The minimum atomic E-state index is 0.0894. The second kappa shape index (κ2) is 5.42. The molecule has 1 fully saturated rings. The Labute approximate surface area is 108 Å². The largest absolute Gasteiger partial charge is 0.394 e. The summed E-state index contributed by atoms with van der Waals surface area (Å²) in [6.45, 7) is 1.84. The van der Waals surface area contributed by atoms with Gasteiger partial charge in [-0.05, 0) is 19.8 Å². The van der Waals surface area contributed by atoms with Crippen molar-refractivity contribution < 1.29 is 4.79 Å². The van der Waals surface area contributed by atoms with Gasteiger partial charge in [0.2, 0.25) is 5.91 Å². The molecule has 1 aliphatic rings. The number of nitrogens with zero attached hydrogens (tertiary/aromatic N) is 2. The lowest BCUT2D eigenvalue weighted by Crippen LogP contribution is -2.24. The Morgan fingerprint density at radius 1 is 1.33 bits per heavy atom. The summed E-state index contributed by atoms with van der Waals surface area (Å²) in [5.74, 6) is 0.843. The Morgan fingerprint density at radius 2 is 1.94 bits per heavy atom. The van der Waals surface area contributed by atoms with Crippen molar-refractivity contribution in [2.24, 2.45) is 13.0 Å². The molecule has 1 amide bonds. The van der Waals surface area contributed by atoms with Crippen molar-refractivity contribution >= 4 is 17.4 Å². The van der Waals surface area contributed by atoms with E-state index in [2.05, 4.69) is 10.4 Å². The molecular weight excluding hydrogens is 228 g/mol. The van der Waals surface area contributed by atoms with Gasteiger partial charge in [-0.1, -0.05) is 25.7 Å². The van der Waals surface area contributed by atoms with Crippen LogP contribution in [0.2, 0.25) is 0 Å². The maximum atomic E-state index is 12.2. The molecule has 0 spiro atoms. The fraction of sp³-hybridized carbons (Fsp3) is 0.692. The Balaban J connectivity index is 2.06. The summed E-state index contributed by atoms with van der Waals surface area (Å²) in [7, 11) is 1.80. The predicted octanol–water partition coefficient (Wildman–Crippen LogP) is 2.22. The Morgan fingerprint density at radius 3 is 2.44 bits per heavy atom. The second-order valence-electron chi connectivity index (χ2n) is 5.15. The maximum absolute atomic E-state index is 12.2. The molecule has 5 nitrogen and oxygen atoms in total. The molecule has 1 heterocycles. The molecule has 0 saturated heterocycles. The molecule has 2 rings (SSSR count). The van der Waals surface area contributed by atoms with Crippen molar-refractivity contribution in [2.45, 2.75) is 45.4 Å². The van der Waals surface area contributed by atoms with E-state index in [0.29, 0.717) is 11.5 Å². The van der Waals surface area contributed by atoms with E-state index in [-0.39, 0.29) is 11.8 Å². The van der Waals surface area contributed by atoms with Gasteiger partial charge >= 0.3 is 0 Å². The first-order valence-corrected chi connectivity index (χ1v) is 6.69. The lowest BCUT2D eigenvalue weighted by atomic mass is 9.99. The topological polar surface area (TPSA) is 72.9 Å². The van der Waals surface area contributed by atoms with Crippen LogP contribution in [0.15, 0.2) is 0 Å². The lowest BCUT2D eigenvalue weighted by molar-refractivity contribution is -0.120. The minimum Gasteiger partial charge on any atom is -0.394 e. The zero-order valence-electron chi connectivity index (χ0n) is 11.2. The average Bonchev–Trinajstić information content (AvgIpc) is 2.58. The zero-order chi connectivity index (χ0) is 13.1. The van der Waals surface area contributed by atoms with Crippen LogP contribution in [-0.2, 0) is 11.8 Å². The highest BCUT2D eigenvalue weighted by molar-refractivity contribution is 5.94. The monoisotopic (exact) mass is 250 g/mol. The summed E-state index contributed by atoms with van der Waals surface area (Å²) < 4.78 is 1.64. The molecule has 0 aromatic carbocycles. The van der Waals surface area contributed by atoms with Crippen LogP contribution in [0.25, 0.3) is 0 Å². The van der Waals surface area contributed by atoms with E-state index < -0.39 is 0 Å². The number of carbonyl (C=O) groups excluding carboxylic acids is 1. The van der Waals surface area contributed by atoms with Gasteiger partial charge in [0, 0.05) is 13.0 Å². The Bertz CT molecular complexity index is 430. The number of nitrogens with two attached hydrogens (primary N) is 1. The first kappa shape index (κ1) is 12.9. The van der Waals surface area contributed by atoms with E-state index in [9.17, 15) is 4.79 Å². The average molecular weight is 250 g/mol. The number of nitrogen functional groups attached to an aromatic ring is 1. The highest BCUT2D eigenvalue weighted by Crippen LogP contribution is 2.26. The molecule has 100 valence electrons. The van der Waals surface area contributed by atoms with Crippen molar-refractivity contribution in [1.29, 1.82) is 0 Å². The summed E-state index contributed by atoms with van der Waals surface area (Å²) in [5, 5.41) is 7.14. The SMILES string of the molecule is Cc1nn(C)c(NC(=O)C2CCCCCC2)c1N. The fourth-order valence-electron chi connectivity index (χ4n) is 2.58. The molecule has 5 heteroatoms. The van der Waals surface area contributed by atoms with Gasteiger partial charge in [0.05, 0.1) is 11.4 Å². The predicted molar refractivity (Wildman–Crippen MR) is 72.2 cm³/mol. The number of aryl methyl sites for hydroxylation is 2. The van der Waals surface area contributed by atoms with E-state index in [1.807, 2.05) is 6.92 Å². The number of hydrogen-bond donors (Lipinski definition) is 2. The van der Waals surface area contributed by atoms with Crippen LogP contribution in [0, 0.1) is 12.8 Å². The standard InChI is InChI=1S/C13H22N4O/c1-9-11(14)12(17(2)16-9)15-13(18)10-7-5-3-4-6-8-10/h10H,3-8,14H2,1-2H3,(H,15,18). The van der Waals surface area contributed by atoms with Gasteiger partial charge in [0.15, 0.2) is 5.82 Å². The molecule has 1 aliphatic carbocycles. The van der Waals surface area contributed by atoms with Gasteiger partial charge in [-0.25, -0.2) is 0 Å². The van der Waals surface area contributed by atoms with Gasteiger partial charge in [0.1, 0.15) is 0 Å². The maximum Gasteiger partial charge on any atom is 0.228 e. The van der Waals surface area contributed by atoms with E-state index in [0.717, 1.165) is 31.4 Å². The van der Waals surface area contributed by atoms with Crippen molar-refractivity contribution in [3.8, 4) is 0 Å². The fourth-order valence-corrected chi connectivity index (χ4v) is 2.58. The van der Waals surface area contributed by atoms with Crippen LogP contribution in [-0.4, -0.2) is 15.7 Å². The zero-order valence-corrected chi connectivity index (χ0v) is 11.2. The van der Waals surface area contributed by atoms with Gasteiger partial charge < -0.3 is 11.1 Å².